The number of hydrogen-bond acceptors (Lipinski definition) is 4. The minimum Gasteiger partial charge on any atom is -0.393 e. The van der Waals surface area contributed by atoms with Crippen LogP contribution in [0.3, 0.4) is 0 Å². The fourth-order valence-electron chi connectivity index (χ4n) is 1.14. The van der Waals surface area contributed by atoms with Crippen molar-refractivity contribution in [2.45, 2.75) is 6.92 Å². The minimum atomic E-state index is -0.549. The number of nitrogen functional groups attached to an aromatic ring is 1. The van der Waals surface area contributed by atoms with Gasteiger partial charge >= 0.3 is 0 Å². The lowest BCUT2D eigenvalue weighted by atomic mass is 10.1. The van der Waals surface area contributed by atoms with Gasteiger partial charge in [-0.25, -0.2) is 0 Å². The Bertz CT molecular complexity index is 458. The Hall–Kier alpha value is -2.06. The SMILES string of the molecule is Cc1cc(C#CCO)cc([N+](=O)[O-])c1N. The predicted molar refractivity (Wildman–Crippen MR) is 56.2 cm³/mol. The average Bonchev–Trinajstić information content (AvgIpc) is 2.19. The number of nitrogens with zero attached hydrogens (tertiary/aromatic N) is 1. The molecule has 0 saturated carbocycles. The summed E-state index contributed by atoms with van der Waals surface area (Å²) in [6.45, 7) is 1.39. The number of rotatable bonds is 1. The highest BCUT2D eigenvalue weighted by atomic mass is 16.6. The highest BCUT2D eigenvalue weighted by molar-refractivity contribution is 5.66. The second-order valence-electron chi connectivity index (χ2n) is 2.94. The lowest BCUT2D eigenvalue weighted by Crippen LogP contribution is -1.98. The summed E-state index contributed by atoms with van der Waals surface area (Å²) in [4.78, 5) is 10.1. The minimum absolute atomic E-state index is 0.148. The Labute approximate surface area is 86.7 Å². The quantitative estimate of drug-likeness (QED) is 0.308. The van der Waals surface area contributed by atoms with E-state index in [9.17, 15) is 10.1 Å². The van der Waals surface area contributed by atoms with Crippen LogP contribution in [0.25, 0.3) is 0 Å². The van der Waals surface area contributed by atoms with E-state index in [2.05, 4.69) is 11.8 Å². The van der Waals surface area contributed by atoms with E-state index in [4.69, 9.17) is 10.8 Å². The second-order valence-corrected chi connectivity index (χ2v) is 2.94. The van der Waals surface area contributed by atoms with Gasteiger partial charge in [0.25, 0.3) is 5.69 Å². The summed E-state index contributed by atoms with van der Waals surface area (Å²) >= 11 is 0. The molecule has 0 aliphatic heterocycles. The molecule has 0 bridgehead atoms. The molecule has 0 spiro atoms. The van der Waals surface area contributed by atoms with E-state index in [-0.39, 0.29) is 18.0 Å². The molecule has 1 rings (SSSR count). The van der Waals surface area contributed by atoms with Crippen molar-refractivity contribution in [3.63, 3.8) is 0 Å². The Morgan fingerprint density at radius 2 is 2.27 bits per heavy atom. The van der Waals surface area contributed by atoms with Gasteiger partial charge in [-0.1, -0.05) is 11.8 Å². The van der Waals surface area contributed by atoms with Crippen molar-refractivity contribution >= 4 is 11.4 Å². The summed E-state index contributed by atoms with van der Waals surface area (Å²) in [7, 11) is 0. The monoisotopic (exact) mass is 206 g/mol. The Balaban J connectivity index is 3.29. The van der Waals surface area contributed by atoms with E-state index >= 15 is 0 Å². The van der Waals surface area contributed by atoms with E-state index in [0.717, 1.165) is 0 Å². The Morgan fingerprint density at radius 3 is 2.80 bits per heavy atom. The molecule has 5 nitrogen and oxygen atoms in total. The van der Waals surface area contributed by atoms with Crippen molar-refractivity contribution in [1.29, 1.82) is 0 Å². The molecule has 0 radical (unpaired) electrons. The summed E-state index contributed by atoms with van der Waals surface area (Å²) in [5, 5.41) is 19.1. The Kier molecular flexibility index (Phi) is 3.26. The number of nitro groups is 1. The first kappa shape index (κ1) is 11.0. The highest BCUT2D eigenvalue weighted by Gasteiger charge is 2.14. The van der Waals surface area contributed by atoms with Crippen LogP contribution < -0.4 is 5.73 Å². The summed E-state index contributed by atoms with van der Waals surface area (Å²) in [6, 6.07) is 2.94. The zero-order chi connectivity index (χ0) is 11.4. The lowest BCUT2D eigenvalue weighted by Gasteiger charge is -2.01. The van der Waals surface area contributed by atoms with Crippen LogP contribution in [-0.4, -0.2) is 16.6 Å². The fourth-order valence-corrected chi connectivity index (χ4v) is 1.14. The van der Waals surface area contributed by atoms with Gasteiger partial charge in [0.05, 0.1) is 4.92 Å². The third kappa shape index (κ3) is 2.45. The number of nitrogens with two attached hydrogens (primary N) is 1. The van der Waals surface area contributed by atoms with Gasteiger partial charge in [-0.3, -0.25) is 10.1 Å². The van der Waals surface area contributed by atoms with Crippen molar-refractivity contribution in [3.05, 3.63) is 33.4 Å². The van der Waals surface area contributed by atoms with Gasteiger partial charge in [0.1, 0.15) is 12.3 Å². The van der Waals surface area contributed by atoms with Gasteiger partial charge in [0.2, 0.25) is 0 Å². The number of aryl methyl sites for hydroxylation is 1. The zero-order valence-corrected chi connectivity index (χ0v) is 8.15. The fraction of sp³-hybridized carbons (Fsp3) is 0.200. The third-order valence-electron chi connectivity index (χ3n) is 1.87. The van der Waals surface area contributed by atoms with Crippen molar-refractivity contribution in [1.82, 2.24) is 0 Å². The van der Waals surface area contributed by atoms with Crippen molar-refractivity contribution in [2.75, 3.05) is 12.3 Å². The molecule has 0 aliphatic rings. The van der Waals surface area contributed by atoms with Crippen molar-refractivity contribution in [3.8, 4) is 11.8 Å². The first-order valence-electron chi connectivity index (χ1n) is 4.20. The van der Waals surface area contributed by atoms with E-state index < -0.39 is 4.92 Å². The normalized spacial score (nSPS) is 9.20. The van der Waals surface area contributed by atoms with E-state index in [1.54, 1.807) is 13.0 Å². The second kappa shape index (κ2) is 4.44. The summed E-state index contributed by atoms with van der Waals surface area (Å²) in [6.07, 6.45) is 0. The van der Waals surface area contributed by atoms with Gasteiger partial charge in [-0.05, 0) is 18.6 Å². The number of aliphatic hydroxyl groups is 1. The first-order chi connectivity index (χ1) is 7.06. The topological polar surface area (TPSA) is 89.4 Å². The van der Waals surface area contributed by atoms with Crippen molar-refractivity contribution < 1.29 is 10.0 Å². The lowest BCUT2D eigenvalue weighted by molar-refractivity contribution is -0.383. The summed E-state index contributed by atoms with van der Waals surface area (Å²) < 4.78 is 0. The molecule has 0 aliphatic carbocycles. The molecular formula is C10H10N2O3. The molecule has 78 valence electrons. The molecule has 3 N–H and O–H groups in total. The van der Waals surface area contributed by atoms with Gasteiger partial charge < -0.3 is 10.8 Å². The molecule has 0 aromatic heterocycles. The highest BCUT2D eigenvalue weighted by Crippen LogP contribution is 2.26. The van der Waals surface area contributed by atoms with Crippen LogP contribution in [0.1, 0.15) is 11.1 Å². The number of benzene rings is 1. The van der Waals surface area contributed by atoms with Crippen LogP contribution in [0.15, 0.2) is 12.1 Å². The number of aliphatic hydroxyl groups excluding tert-OH is 1. The molecular weight excluding hydrogens is 196 g/mol. The van der Waals surface area contributed by atoms with Crippen LogP contribution in [-0.2, 0) is 0 Å². The Morgan fingerprint density at radius 1 is 1.60 bits per heavy atom. The molecule has 0 unspecified atom stereocenters. The maximum absolute atomic E-state index is 10.6. The smallest absolute Gasteiger partial charge is 0.293 e. The number of hydrogen-bond donors (Lipinski definition) is 2. The van der Waals surface area contributed by atoms with Gasteiger partial charge in [-0.15, -0.1) is 0 Å². The molecule has 0 heterocycles. The molecule has 1 aromatic rings. The van der Waals surface area contributed by atoms with E-state index in [1.807, 2.05) is 0 Å². The molecule has 15 heavy (non-hydrogen) atoms. The first-order valence-corrected chi connectivity index (χ1v) is 4.20. The molecule has 5 heteroatoms. The predicted octanol–water partition coefficient (Wildman–Crippen LogP) is 0.829. The van der Waals surface area contributed by atoms with Gasteiger partial charge in [-0.2, -0.15) is 0 Å². The van der Waals surface area contributed by atoms with Crippen LogP contribution in [0, 0.1) is 28.9 Å². The average molecular weight is 206 g/mol. The number of nitro benzene ring substituents is 1. The molecule has 1 aromatic carbocycles. The van der Waals surface area contributed by atoms with Crippen LogP contribution >= 0.6 is 0 Å². The van der Waals surface area contributed by atoms with E-state index in [0.29, 0.717) is 11.1 Å². The maximum Gasteiger partial charge on any atom is 0.293 e. The molecule has 0 amide bonds. The molecule has 0 saturated heterocycles. The largest absolute Gasteiger partial charge is 0.393 e. The molecule has 0 atom stereocenters. The van der Waals surface area contributed by atoms with E-state index in [1.165, 1.54) is 6.07 Å². The van der Waals surface area contributed by atoms with Crippen LogP contribution in [0.4, 0.5) is 11.4 Å². The zero-order valence-electron chi connectivity index (χ0n) is 8.15. The van der Waals surface area contributed by atoms with Crippen LogP contribution in [0.5, 0.6) is 0 Å². The summed E-state index contributed by atoms with van der Waals surface area (Å²) in [5.41, 5.74) is 6.61. The maximum atomic E-state index is 10.6. The third-order valence-corrected chi connectivity index (χ3v) is 1.87. The van der Waals surface area contributed by atoms with Gasteiger partial charge in [0, 0.05) is 11.6 Å². The standard InChI is InChI=1S/C10H10N2O3/c1-7-5-8(3-2-4-13)6-9(10(7)11)12(14)15/h5-6,13H,4,11H2,1H3. The summed E-state index contributed by atoms with van der Waals surface area (Å²) in [5.74, 6) is 5.02. The van der Waals surface area contributed by atoms with Gasteiger partial charge in [0.15, 0.2) is 0 Å². The van der Waals surface area contributed by atoms with Crippen molar-refractivity contribution in [2.24, 2.45) is 0 Å². The number of anilines is 1. The molecule has 0 fully saturated rings. The van der Waals surface area contributed by atoms with Crippen LogP contribution in [0.2, 0.25) is 0 Å².